The maximum Gasteiger partial charge on any atom is 0.281 e. The molecule has 3 rings (SSSR count). The van der Waals surface area contributed by atoms with Crippen LogP contribution in [0.2, 0.25) is 0 Å². The number of hydrogen-bond donors (Lipinski definition) is 2. The third-order valence-corrected chi connectivity index (χ3v) is 4.75. The number of benzene rings is 1. The Morgan fingerprint density at radius 1 is 1.26 bits per heavy atom. The van der Waals surface area contributed by atoms with Crippen LogP contribution in [-0.2, 0) is 9.53 Å². The Hall–Kier alpha value is -2.25. The molecule has 2 amide bonds. The molecule has 6 nitrogen and oxygen atoms in total. The van der Waals surface area contributed by atoms with Crippen molar-refractivity contribution in [2.24, 2.45) is 0 Å². The minimum Gasteiger partial charge on any atom is -0.368 e. The van der Waals surface area contributed by atoms with Gasteiger partial charge in [0.25, 0.3) is 11.8 Å². The van der Waals surface area contributed by atoms with E-state index in [1.165, 1.54) is 11.3 Å². The number of hydrogen-bond acceptors (Lipinski definition) is 5. The molecule has 0 unspecified atom stereocenters. The lowest BCUT2D eigenvalue weighted by Gasteiger charge is -2.10. The zero-order valence-electron chi connectivity index (χ0n) is 12.7. The summed E-state index contributed by atoms with van der Waals surface area (Å²) < 4.78 is 5.27. The van der Waals surface area contributed by atoms with Gasteiger partial charge in [0, 0.05) is 12.2 Å². The molecule has 1 aromatic heterocycles. The molecule has 2 N–H and O–H groups in total. The second kappa shape index (κ2) is 6.89. The van der Waals surface area contributed by atoms with Gasteiger partial charge in [-0.25, -0.2) is 4.98 Å². The van der Waals surface area contributed by atoms with Crippen molar-refractivity contribution in [3.63, 3.8) is 0 Å². The number of carbonyl (C=O) groups excluding carboxylic acids is 2. The summed E-state index contributed by atoms with van der Waals surface area (Å²) in [7, 11) is 0. The molecule has 0 radical (unpaired) electrons. The van der Waals surface area contributed by atoms with E-state index in [1.54, 1.807) is 6.92 Å². The number of nitrogens with zero attached hydrogens (tertiary/aromatic N) is 1. The van der Waals surface area contributed by atoms with Crippen LogP contribution in [0.5, 0.6) is 0 Å². The van der Waals surface area contributed by atoms with Gasteiger partial charge in [0.1, 0.15) is 16.0 Å². The third kappa shape index (κ3) is 3.57. The van der Waals surface area contributed by atoms with Crippen molar-refractivity contribution in [3.05, 3.63) is 40.9 Å². The fraction of sp³-hybridized carbons (Fsp3) is 0.312. The summed E-state index contributed by atoms with van der Waals surface area (Å²) in [4.78, 5) is 29.0. The maximum absolute atomic E-state index is 12.2. The highest BCUT2D eigenvalue weighted by molar-refractivity contribution is 7.17. The van der Waals surface area contributed by atoms with Crippen molar-refractivity contribution in [1.82, 2.24) is 15.8 Å². The average Bonchev–Trinajstić information content (AvgIpc) is 3.23. The topological polar surface area (TPSA) is 80.3 Å². The lowest BCUT2D eigenvalue weighted by atomic mass is 10.2. The Morgan fingerprint density at radius 3 is 2.74 bits per heavy atom. The molecule has 0 saturated carbocycles. The van der Waals surface area contributed by atoms with Gasteiger partial charge < -0.3 is 4.74 Å². The second-order valence-corrected chi connectivity index (χ2v) is 6.24. The highest BCUT2D eigenvalue weighted by atomic mass is 32.1. The molecule has 1 aliphatic heterocycles. The van der Waals surface area contributed by atoms with Crippen molar-refractivity contribution in [2.75, 3.05) is 6.61 Å². The van der Waals surface area contributed by atoms with E-state index < -0.39 is 6.10 Å². The fourth-order valence-corrected chi connectivity index (χ4v) is 3.32. The van der Waals surface area contributed by atoms with Crippen LogP contribution in [0.4, 0.5) is 0 Å². The van der Waals surface area contributed by atoms with E-state index >= 15 is 0 Å². The minimum atomic E-state index is -0.474. The van der Waals surface area contributed by atoms with Crippen molar-refractivity contribution in [3.8, 4) is 10.6 Å². The summed E-state index contributed by atoms with van der Waals surface area (Å²) in [5.74, 6) is -0.685. The number of rotatable bonds is 3. The molecule has 0 aliphatic carbocycles. The Kier molecular flexibility index (Phi) is 4.68. The fourth-order valence-electron chi connectivity index (χ4n) is 2.35. The Bertz CT molecular complexity index is 709. The van der Waals surface area contributed by atoms with Gasteiger partial charge in [-0.15, -0.1) is 11.3 Å². The molecule has 1 fully saturated rings. The molecule has 1 saturated heterocycles. The molecular formula is C16H17N3O3S. The Morgan fingerprint density at radius 2 is 2.04 bits per heavy atom. The summed E-state index contributed by atoms with van der Waals surface area (Å²) in [6.45, 7) is 2.36. The van der Waals surface area contributed by atoms with E-state index in [4.69, 9.17) is 4.74 Å². The van der Waals surface area contributed by atoms with Crippen molar-refractivity contribution >= 4 is 23.2 Å². The van der Waals surface area contributed by atoms with Crippen molar-refractivity contribution < 1.29 is 14.3 Å². The molecule has 7 heteroatoms. The van der Waals surface area contributed by atoms with Crippen molar-refractivity contribution in [1.29, 1.82) is 0 Å². The average molecular weight is 331 g/mol. The van der Waals surface area contributed by atoms with Crippen LogP contribution in [0.3, 0.4) is 0 Å². The molecule has 1 aliphatic rings. The number of carbonyl (C=O) groups is 2. The summed E-state index contributed by atoms with van der Waals surface area (Å²) in [6.07, 6.45) is 1.07. The van der Waals surface area contributed by atoms with E-state index in [9.17, 15) is 9.59 Å². The third-order valence-electron chi connectivity index (χ3n) is 3.54. The van der Waals surface area contributed by atoms with Gasteiger partial charge in [0.05, 0.1) is 5.69 Å². The maximum atomic E-state index is 12.2. The van der Waals surface area contributed by atoms with Gasteiger partial charge in [0.2, 0.25) is 0 Å². The largest absolute Gasteiger partial charge is 0.368 e. The molecule has 1 aromatic carbocycles. The van der Waals surface area contributed by atoms with Gasteiger partial charge in [-0.05, 0) is 19.8 Å². The first-order chi connectivity index (χ1) is 11.1. The zero-order valence-corrected chi connectivity index (χ0v) is 13.5. The normalized spacial score (nSPS) is 17.0. The van der Waals surface area contributed by atoms with Crippen molar-refractivity contribution in [2.45, 2.75) is 25.9 Å². The Balaban J connectivity index is 1.65. The van der Waals surface area contributed by atoms with Crippen LogP contribution in [0.15, 0.2) is 30.3 Å². The lowest BCUT2D eigenvalue weighted by Crippen LogP contribution is -2.46. The summed E-state index contributed by atoms with van der Waals surface area (Å²) in [5, 5.41) is 0.777. The first-order valence-corrected chi connectivity index (χ1v) is 8.21. The lowest BCUT2D eigenvalue weighted by molar-refractivity contribution is -0.130. The quantitative estimate of drug-likeness (QED) is 0.844. The zero-order chi connectivity index (χ0) is 16.2. The standard InChI is InChI=1S/C16H17N3O3S/c1-10-13(23-16(17-10)11-6-3-2-4-7-11)15(21)19-18-14(20)12-8-5-9-22-12/h2-4,6-7,12H,5,8-9H2,1H3,(H,18,20)(H,19,21)/t12-/m0/s1. The van der Waals surface area contributed by atoms with E-state index in [0.29, 0.717) is 23.6 Å². The molecule has 23 heavy (non-hydrogen) atoms. The summed E-state index contributed by atoms with van der Waals surface area (Å²) in [6, 6.07) is 9.66. The van der Waals surface area contributed by atoms with Gasteiger partial charge in [-0.2, -0.15) is 0 Å². The van der Waals surface area contributed by atoms with Crippen LogP contribution in [-0.4, -0.2) is 29.5 Å². The molecule has 1 atom stereocenters. The van der Waals surface area contributed by atoms with Gasteiger partial charge >= 0.3 is 0 Å². The highest BCUT2D eigenvalue weighted by Gasteiger charge is 2.24. The van der Waals surface area contributed by atoms with E-state index in [-0.39, 0.29) is 11.8 Å². The second-order valence-electron chi connectivity index (χ2n) is 5.24. The first kappa shape index (κ1) is 15.6. The predicted molar refractivity (Wildman–Crippen MR) is 86.9 cm³/mol. The van der Waals surface area contributed by atoms with Crippen LogP contribution >= 0.6 is 11.3 Å². The van der Waals surface area contributed by atoms with E-state index in [0.717, 1.165) is 17.0 Å². The first-order valence-electron chi connectivity index (χ1n) is 7.40. The molecule has 2 heterocycles. The molecule has 0 spiro atoms. The summed E-state index contributed by atoms with van der Waals surface area (Å²) in [5.41, 5.74) is 6.45. The number of aromatic nitrogens is 1. The van der Waals surface area contributed by atoms with Crippen LogP contribution in [0, 0.1) is 6.92 Å². The van der Waals surface area contributed by atoms with Crippen LogP contribution in [0.1, 0.15) is 28.2 Å². The molecule has 120 valence electrons. The van der Waals surface area contributed by atoms with Gasteiger partial charge in [-0.3, -0.25) is 20.4 Å². The highest BCUT2D eigenvalue weighted by Crippen LogP contribution is 2.27. The number of nitrogens with one attached hydrogen (secondary N) is 2. The molecule has 2 aromatic rings. The smallest absolute Gasteiger partial charge is 0.281 e. The number of amides is 2. The summed E-state index contributed by atoms with van der Waals surface area (Å²) >= 11 is 1.30. The van der Waals surface area contributed by atoms with E-state index in [1.807, 2.05) is 30.3 Å². The van der Waals surface area contributed by atoms with Crippen LogP contribution < -0.4 is 10.9 Å². The van der Waals surface area contributed by atoms with Crippen LogP contribution in [0.25, 0.3) is 10.6 Å². The van der Waals surface area contributed by atoms with E-state index in [2.05, 4.69) is 15.8 Å². The van der Waals surface area contributed by atoms with Gasteiger partial charge in [-0.1, -0.05) is 30.3 Å². The number of hydrazine groups is 1. The number of ether oxygens (including phenoxy) is 1. The minimum absolute atomic E-state index is 0.318. The SMILES string of the molecule is Cc1nc(-c2ccccc2)sc1C(=O)NNC(=O)[C@@H]1CCCO1. The number of thiazole rings is 1. The molecular weight excluding hydrogens is 314 g/mol. The number of aryl methyl sites for hydroxylation is 1. The predicted octanol–water partition coefficient (Wildman–Crippen LogP) is 2.06. The Labute approximate surface area is 137 Å². The molecule has 0 bridgehead atoms. The van der Waals surface area contributed by atoms with Gasteiger partial charge in [0.15, 0.2) is 0 Å². The monoisotopic (exact) mass is 331 g/mol.